The van der Waals surface area contributed by atoms with Crippen LogP contribution in [0.4, 0.5) is 0 Å². The van der Waals surface area contributed by atoms with Crippen molar-refractivity contribution in [1.82, 2.24) is 4.98 Å². The fourth-order valence-corrected chi connectivity index (χ4v) is 1.23. The summed E-state index contributed by atoms with van der Waals surface area (Å²) in [5, 5.41) is 10.8. The van der Waals surface area contributed by atoms with Gasteiger partial charge in [0.25, 0.3) is 0 Å². The molecule has 0 aliphatic rings. The molecule has 0 fully saturated rings. The molecule has 0 aliphatic heterocycles. The molecule has 2 rings (SSSR count). The van der Waals surface area contributed by atoms with E-state index < -0.39 is 0 Å². The lowest BCUT2D eigenvalue weighted by molar-refractivity contribution is -0.612. The molecular weight excluding hydrogens is 244 g/mol. The highest BCUT2D eigenvalue weighted by Crippen LogP contribution is 2.06. The lowest BCUT2D eigenvalue weighted by Crippen LogP contribution is -2.28. The maximum atomic E-state index is 10.8. The minimum atomic E-state index is 0.584. The summed E-state index contributed by atoms with van der Waals surface area (Å²) in [6.45, 7) is 3.69. The first-order valence-corrected chi connectivity index (χ1v) is 5.77. The third kappa shape index (κ3) is 4.83. The predicted molar refractivity (Wildman–Crippen MR) is 72.2 cm³/mol. The molecule has 0 saturated heterocycles. The molecule has 0 saturated carbocycles. The zero-order chi connectivity index (χ0) is 14.3. The molecule has 0 aliphatic carbocycles. The van der Waals surface area contributed by atoms with Gasteiger partial charge >= 0.3 is 0 Å². The van der Waals surface area contributed by atoms with Crippen LogP contribution in [0.5, 0.6) is 11.5 Å². The van der Waals surface area contributed by atoms with E-state index in [9.17, 15) is 5.21 Å². The van der Waals surface area contributed by atoms with Crippen LogP contribution in [0.2, 0.25) is 0 Å². The van der Waals surface area contributed by atoms with Gasteiger partial charge in [-0.25, -0.2) is 0 Å². The van der Waals surface area contributed by atoms with Crippen molar-refractivity contribution in [2.45, 2.75) is 13.8 Å². The van der Waals surface area contributed by atoms with Crippen LogP contribution < -0.4 is 14.2 Å². The van der Waals surface area contributed by atoms with Crippen molar-refractivity contribution in [2.24, 2.45) is 0 Å². The normalized spacial score (nSPS) is 9.26. The van der Waals surface area contributed by atoms with Crippen LogP contribution in [0.15, 0.2) is 36.7 Å². The smallest absolute Gasteiger partial charge is 0.222 e. The average molecular weight is 262 g/mol. The molecular formula is C14H18N2O3. The molecule has 2 aromatic rings. The van der Waals surface area contributed by atoms with Crippen LogP contribution in [0.1, 0.15) is 11.4 Å². The maximum absolute atomic E-state index is 10.8. The second kappa shape index (κ2) is 7.20. The second-order valence-electron chi connectivity index (χ2n) is 3.88. The van der Waals surface area contributed by atoms with Crippen LogP contribution in [-0.2, 0) is 0 Å². The van der Waals surface area contributed by atoms with E-state index in [0.29, 0.717) is 11.4 Å². The Morgan fingerprint density at radius 1 is 1.00 bits per heavy atom. The summed E-state index contributed by atoms with van der Waals surface area (Å²) in [5.74, 6) is 1.39. The molecule has 2 heterocycles. The number of nitrogens with zero attached hydrogens (tertiary/aromatic N) is 2. The molecule has 0 amide bonds. The van der Waals surface area contributed by atoms with Crippen molar-refractivity contribution in [3.05, 3.63) is 53.3 Å². The number of aromatic nitrogens is 2. The summed E-state index contributed by atoms with van der Waals surface area (Å²) in [4.78, 5) is 4.02. The SMILES string of the molecule is COc1ccc(C)[n+]([O-])c1.COc1ccc(C)nc1. The quantitative estimate of drug-likeness (QED) is 0.614. The van der Waals surface area contributed by atoms with Gasteiger partial charge in [0.2, 0.25) is 6.20 Å². The van der Waals surface area contributed by atoms with Gasteiger partial charge in [-0.15, -0.1) is 0 Å². The number of aryl methyl sites for hydroxylation is 2. The van der Waals surface area contributed by atoms with Crippen molar-refractivity contribution in [1.29, 1.82) is 0 Å². The van der Waals surface area contributed by atoms with Gasteiger partial charge in [-0.05, 0) is 25.1 Å². The Kier molecular flexibility index (Phi) is 5.60. The Morgan fingerprint density at radius 2 is 1.63 bits per heavy atom. The molecule has 0 spiro atoms. The van der Waals surface area contributed by atoms with Gasteiger partial charge in [0.15, 0.2) is 11.4 Å². The van der Waals surface area contributed by atoms with E-state index in [2.05, 4.69) is 4.98 Å². The molecule has 0 radical (unpaired) electrons. The standard InChI is InChI=1S/C7H9NO2.C7H9NO/c1-6-3-4-7(10-2)5-8(6)9;1-6-3-4-7(9-2)5-8-6/h3-5H,1-2H3;3-5H,1-2H3. The third-order valence-corrected chi connectivity index (χ3v) is 2.44. The van der Waals surface area contributed by atoms with Crippen LogP contribution in [-0.4, -0.2) is 19.2 Å². The van der Waals surface area contributed by atoms with Gasteiger partial charge in [-0.3, -0.25) is 4.98 Å². The largest absolute Gasteiger partial charge is 0.618 e. The monoisotopic (exact) mass is 262 g/mol. The summed E-state index contributed by atoms with van der Waals surface area (Å²) >= 11 is 0. The highest BCUT2D eigenvalue weighted by Gasteiger charge is 1.99. The third-order valence-electron chi connectivity index (χ3n) is 2.44. The van der Waals surface area contributed by atoms with Gasteiger partial charge < -0.3 is 14.7 Å². The number of hydrogen-bond acceptors (Lipinski definition) is 4. The number of pyridine rings is 2. The maximum Gasteiger partial charge on any atom is 0.222 e. The first kappa shape index (κ1) is 14.8. The topological polar surface area (TPSA) is 58.3 Å². The summed E-state index contributed by atoms with van der Waals surface area (Å²) in [6, 6.07) is 7.27. The van der Waals surface area contributed by atoms with Crippen molar-refractivity contribution in [2.75, 3.05) is 14.2 Å². The molecule has 0 unspecified atom stereocenters. The lowest BCUT2D eigenvalue weighted by Gasteiger charge is -2.01. The van der Waals surface area contributed by atoms with Crippen molar-refractivity contribution >= 4 is 0 Å². The van der Waals surface area contributed by atoms with E-state index in [4.69, 9.17) is 9.47 Å². The van der Waals surface area contributed by atoms with E-state index in [1.54, 1.807) is 32.4 Å². The fraction of sp³-hybridized carbons (Fsp3) is 0.286. The Morgan fingerprint density at radius 3 is 2.11 bits per heavy atom. The lowest BCUT2D eigenvalue weighted by atomic mass is 10.4. The van der Waals surface area contributed by atoms with Gasteiger partial charge in [0.1, 0.15) is 5.75 Å². The van der Waals surface area contributed by atoms with Crippen molar-refractivity contribution in [3.63, 3.8) is 0 Å². The van der Waals surface area contributed by atoms with Gasteiger partial charge in [-0.1, -0.05) is 0 Å². The fourth-order valence-electron chi connectivity index (χ4n) is 1.23. The van der Waals surface area contributed by atoms with E-state index in [0.717, 1.165) is 16.2 Å². The number of hydrogen-bond donors (Lipinski definition) is 0. The number of methoxy groups -OCH3 is 2. The molecule has 0 aromatic carbocycles. The van der Waals surface area contributed by atoms with Crippen LogP contribution in [0, 0.1) is 19.1 Å². The van der Waals surface area contributed by atoms with E-state index >= 15 is 0 Å². The van der Waals surface area contributed by atoms with Crippen molar-refractivity contribution in [3.8, 4) is 11.5 Å². The highest BCUT2D eigenvalue weighted by atomic mass is 16.5. The average Bonchev–Trinajstić information content (AvgIpc) is 2.43. The minimum Gasteiger partial charge on any atom is -0.618 e. The van der Waals surface area contributed by atoms with Gasteiger partial charge in [0.05, 0.1) is 20.4 Å². The molecule has 19 heavy (non-hydrogen) atoms. The first-order valence-electron chi connectivity index (χ1n) is 5.77. The Labute approximate surface area is 113 Å². The Balaban J connectivity index is 0.000000191. The summed E-state index contributed by atoms with van der Waals surface area (Å²) in [5.41, 5.74) is 1.68. The van der Waals surface area contributed by atoms with Gasteiger partial charge in [0, 0.05) is 18.7 Å². The zero-order valence-corrected chi connectivity index (χ0v) is 11.6. The molecule has 0 atom stereocenters. The number of rotatable bonds is 2. The van der Waals surface area contributed by atoms with E-state index in [-0.39, 0.29) is 0 Å². The zero-order valence-electron chi connectivity index (χ0n) is 11.6. The van der Waals surface area contributed by atoms with E-state index in [1.807, 2.05) is 19.1 Å². The minimum absolute atomic E-state index is 0.584. The molecule has 5 nitrogen and oxygen atoms in total. The molecule has 102 valence electrons. The predicted octanol–water partition coefficient (Wildman–Crippen LogP) is 2.04. The first-order chi connectivity index (χ1) is 9.06. The van der Waals surface area contributed by atoms with Crippen molar-refractivity contribution < 1.29 is 14.2 Å². The molecule has 2 aromatic heterocycles. The summed E-state index contributed by atoms with van der Waals surface area (Å²) in [7, 11) is 3.16. The second-order valence-corrected chi connectivity index (χ2v) is 3.88. The van der Waals surface area contributed by atoms with Crippen LogP contribution >= 0.6 is 0 Å². The Bertz CT molecular complexity index is 513. The molecule has 5 heteroatoms. The highest BCUT2D eigenvalue weighted by molar-refractivity contribution is 5.18. The van der Waals surface area contributed by atoms with E-state index in [1.165, 1.54) is 13.3 Å². The number of ether oxygens (including phenoxy) is 2. The van der Waals surface area contributed by atoms with Crippen LogP contribution in [0.3, 0.4) is 0 Å². The Hall–Kier alpha value is -2.30. The van der Waals surface area contributed by atoms with Crippen LogP contribution in [0.25, 0.3) is 0 Å². The van der Waals surface area contributed by atoms with Gasteiger partial charge in [-0.2, -0.15) is 4.73 Å². The summed E-state index contributed by atoms with van der Waals surface area (Å²) in [6.07, 6.45) is 3.10. The molecule has 0 N–H and O–H groups in total. The molecule has 0 bridgehead atoms. The summed E-state index contributed by atoms with van der Waals surface area (Å²) < 4.78 is 10.5.